The lowest BCUT2D eigenvalue weighted by Gasteiger charge is -2.11. The minimum atomic E-state index is -0.776. The molecule has 0 aliphatic carbocycles. The summed E-state index contributed by atoms with van der Waals surface area (Å²) < 4.78 is 11.9. The van der Waals surface area contributed by atoms with Crippen LogP contribution in [0.25, 0.3) is 11.5 Å². The van der Waals surface area contributed by atoms with E-state index in [0.29, 0.717) is 25.3 Å². The maximum Gasteiger partial charge on any atom is 0.303 e. The van der Waals surface area contributed by atoms with Crippen LogP contribution >= 0.6 is 0 Å². The molecule has 2 aromatic carbocycles. The number of ether oxygens (including phenoxy) is 1. The lowest BCUT2D eigenvalue weighted by Crippen LogP contribution is -2.05. The van der Waals surface area contributed by atoms with Crippen LogP contribution in [0.4, 0.5) is 0 Å². The average Bonchev–Trinajstić information content (AvgIpc) is 3.16. The van der Waals surface area contributed by atoms with Crippen molar-refractivity contribution in [3.05, 3.63) is 70.6 Å². The summed E-state index contributed by atoms with van der Waals surface area (Å²) in [4.78, 5) is 15.5. The Morgan fingerprint density at radius 1 is 1.03 bits per heavy atom. The fourth-order valence-electron chi connectivity index (χ4n) is 3.45. The monoisotopic (exact) mass is 407 g/mol. The molecule has 30 heavy (non-hydrogen) atoms. The highest BCUT2D eigenvalue weighted by molar-refractivity contribution is 5.67. The molecule has 0 saturated carbocycles. The molecule has 1 heterocycles. The van der Waals surface area contributed by atoms with Crippen LogP contribution in [0.5, 0.6) is 5.75 Å². The molecule has 0 amide bonds. The van der Waals surface area contributed by atoms with Gasteiger partial charge in [-0.05, 0) is 55.2 Å². The van der Waals surface area contributed by atoms with Crippen LogP contribution in [0.3, 0.4) is 0 Å². The summed E-state index contributed by atoms with van der Waals surface area (Å²) in [7, 11) is 0. The van der Waals surface area contributed by atoms with Gasteiger partial charge in [-0.1, -0.05) is 37.6 Å². The molecule has 0 radical (unpaired) electrons. The third-order valence-electron chi connectivity index (χ3n) is 5.17. The number of carboxylic acids is 1. The second kappa shape index (κ2) is 10.1. The second-order valence-electron chi connectivity index (χ2n) is 7.38. The Balaban J connectivity index is 1.64. The predicted octanol–water partition coefficient (Wildman–Crippen LogP) is 5.41. The Morgan fingerprint density at radius 3 is 2.47 bits per heavy atom. The van der Waals surface area contributed by atoms with Crippen molar-refractivity contribution >= 4 is 5.97 Å². The largest absolute Gasteiger partial charge is 0.493 e. The number of aromatic nitrogens is 1. The Hall–Kier alpha value is -3.08. The number of benzene rings is 2. The normalized spacial score (nSPS) is 10.9. The van der Waals surface area contributed by atoms with Crippen molar-refractivity contribution in [2.45, 2.75) is 52.9 Å². The zero-order valence-electron chi connectivity index (χ0n) is 17.9. The zero-order chi connectivity index (χ0) is 21.5. The number of hydrogen-bond acceptors (Lipinski definition) is 4. The minimum absolute atomic E-state index is 0.141. The fourth-order valence-corrected chi connectivity index (χ4v) is 3.45. The first-order chi connectivity index (χ1) is 14.5. The maximum atomic E-state index is 10.8. The first-order valence-corrected chi connectivity index (χ1v) is 10.5. The number of aliphatic carboxylic acids is 1. The number of aryl methyl sites for hydroxylation is 4. The lowest BCUT2D eigenvalue weighted by atomic mass is 10.0. The predicted molar refractivity (Wildman–Crippen MR) is 117 cm³/mol. The van der Waals surface area contributed by atoms with Crippen LogP contribution in [0.1, 0.15) is 48.4 Å². The van der Waals surface area contributed by atoms with E-state index in [1.54, 1.807) is 0 Å². The molecule has 0 spiro atoms. The van der Waals surface area contributed by atoms with Crippen molar-refractivity contribution < 1.29 is 19.1 Å². The summed E-state index contributed by atoms with van der Waals surface area (Å²) in [5, 5.41) is 8.91. The van der Waals surface area contributed by atoms with Crippen molar-refractivity contribution in [2.75, 3.05) is 6.61 Å². The van der Waals surface area contributed by atoms with E-state index >= 15 is 0 Å². The molecule has 0 atom stereocenters. The van der Waals surface area contributed by atoms with Gasteiger partial charge in [0.25, 0.3) is 0 Å². The molecular formula is C25H29NO4. The van der Waals surface area contributed by atoms with Gasteiger partial charge < -0.3 is 14.3 Å². The number of hydrogen-bond donors (Lipinski definition) is 1. The van der Waals surface area contributed by atoms with Gasteiger partial charge in [0.2, 0.25) is 5.89 Å². The second-order valence-corrected chi connectivity index (χ2v) is 7.38. The highest BCUT2D eigenvalue weighted by Crippen LogP contribution is 2.24. The molecule has 0 saturated heterocycles. The summed E-state index contributed by atoms with van der Waals surface area (Å²) in [5.41, 5.74) is 5.31. The third-order valence-corrected chi connectivity index (χ3v) is 5.17. The zero-order valence-corrected chi connectivity index (χ0v) is 17.9. The Kier molecular flexibility index (Phi) is 7.28. The Labute approximate surface area is 177 Å². The van der Waals surface area contributed by atoms with Crippen LogP contribution in [0.2, 0.25) is 0 Å². The van der Waals surface area contributed by atoms with Gasteiger partial charge in [-0.2, -0.15) is 0 Å². The summed E-state index contributed by atoms with van der Waals surface area (Å²) in [6.07, 6.45) is 2.98. The first kappa shape index (κ1) is 21.6. The topological polar surface area (TPSA) is 72.6 Å². The van der Waals surface area contributed by atoms with Gasteiger partial charge in [-0.15, -0.1) is 0 Å². The van der Waals surface area contributed by atoms with E-state index in [1.165, 1.54) is 5.56 Å². The van der Waals surface area contributed by atoms with Crippen molar-refractivity contribution in [2.24, 2.45) is 0 Å². The molecule has 1 aromatic heterocycles. The van der Waals surface area contributed by atoms with Gasteiger partial charge in [-0.3, -0.25) is 4.79 Å². The molecule has 0 aliphatic heterocycles. The molecule has 3 aromatic rings. The van der Waals surface area contributed by atoms with E-state index in [-0.39, 0.29) is 6.42 Å². The van der Waals surface area contributed by atoms with Gasteiger partial charge >= 0.3 is 5.97 Å². The van der Waals surface area contributed by atoms with Crippen molar-refractivity contribution in [1.29, 1.82) is 0 Å². The molecule has 0 fully saturated rings. The first-order valence-electron chi connectivity index (χ1n) is 10.5. The summed E-state index contributed by atoms with van der Waals surface area (Å²) >= 11 is 0. The van der Waals surface area contributed by atoms with E-state index in [9.17, 15) is 4.79 Å². The molecule has 5 nitrogen and oxygen atoms in total. The van der Waals surface area contributed by atoms with Crippen LogP contribution in [0.15, 0.2) is 46.9 Å². The Morgan fingerprint density at radius 2 is 1.80 bits per heavy atom. The van der Waals surface area contributed by atoms with Gasteiger partial charge in [0.1, 0.15) is 11.5 Å². The number of rotatable bonds is 10. The van der Waals surface area contributed by atoms with Gasteiger partial charge in [-0.25, -0.2) is 4.98 Å². The van der Waals surface area contributed by atoms with Crippen molar-refractivity contribution in [1.82, 2.24) is 4.98 Å². The smallest absolute Gasteiger partial charge is 0.303 e. The van der Waals surface area contributed by atoms with E-state index in [2.05, 4.69) is 32.9 Å². The SMILES string of the molecule is CCc1cc(OCCc2nc(-c3ccc(C)cc3)oc2CC)ccc1CCC(=O)O. The highest BCUT2D eigenvalue weighted by Gasteiger charge is 2.14. The Bertz CT molecular complexity index is 989. The van der Waals surface area contributed by atoms with Crippen LogP contribution in [-0.2, 0) is 30.5 Å². The van der Waals surface area contributed by atoms with Crippen LogP contribution in [0, 0.1) is 6.92 Å². The molecule has 0 unspecified atom stereocenters. The van der Waals surface area contributed by atoms with Gasteiger partial charge in [0.15, 0.2) is 0 Å². The summed E-state index contributed by atoms with van der Waals surface area (Å²) in [5.74, 6) is 1.57. The molecule has 5 heteroatoms. The van der Waals surface area contributed by atoms with E-state index in [1.807, 2.05) is 30.3 Å². The number of carbonyl (C=O) groups is 1. The van der Waals surface area contributed by atoms with Crippen molar-refractivity contribution in [3.63, 3.8) is 0 Å². The molecule has 1 N–H and O–H groups in total. The standard InChI is InChI=1S/C25H29NO4/c1-4-18-16-21(12-10-19(18)11-13-24(27)28)29-15-14-22-23(5-2)30-25(26-22)20-8-6-17(3)7-9-20/h6-10,12,16H,4-5,11,13-15H2,1-3H3,(H,27,28). The minimum Gasteiger partial charge on any atom is -0.493 e. The van der Waals surface area contributed by atoms with Crippen LogP contribution in [-0.4, -0.2) is 22.7 Å². The van der Waals surface area contributed by atoms with Gasteiger partial charge in [0, 0.05) is 24.8 Å². The van der Waals surface area contributed by atoms with E-state index < -0.39 is 5.97 Å². The molecule has 3 rings (SSSR count). The van der Waals surface area contributed by atoms with Gasteiger partial charge in [0.05, 0.1) is 12.3 Å². The molecule has 0 bridgehead atoms. The summed E-state index contributed by atoms with van der Waals surface area (Å²) in [6.45, 7) is 6.69. The number of oxazole rings is 1. The lowest BCUT2D eigenvalue weighted by molar-refractivity contribution is -0.136. The maximum absolute atomic E-state index is 10.8. The quantitative estimate of drug-likeness (QED) is 0.486. The van der Waals surface area contributed by atoms with Crippen molar-refractivity contribution in [3.8, 4) is 17.2 Å². The van der Waals surface area contributed by atoms with E-state index in [4.69, 9.17) is 19.2 Å². The summed E-state index contributed by atoms with van der Waals surface area (Å²) in [6, 6.07) is 14.1. The number of carboxylic acid groups (broad SMARTS) is 1. The molecular weight excluding hydrogens is 378 g/mol. The molecule has 158 valence electrons. The fraction of sp³-hybridized carbons (Fsp3) is 0.360. The highest BCUT2D eigenvalue weighted by atomic mass is 16.5. The van der Waals surface area contributed by atoms with Crippen LogP contribution < -0.4 is 4.74 Å². The van der Waals surface area contributed by atoms with E-state index in [0.717, 1.165) is 46.7 Å². The molecule has 0 aliphatic rings. The average molecular weight is 408 g/mol. The third kappa shape index (κ3) is 5.50. The number of nitrogens with zero attached hydrogens (tertiary/aromatic N) is 1.